The maximum absolute atomic E-state index is 12.3. The molecule has 2 N–H and O–H groups in total. The normalized spacial score (nSPS) is 20.3. The third kappa shape index (κ3) is 5.98. The average Bonchev–Trinajstić information content (AvgIpc) is 2.67. The van der Waals surface area contributed by atoms with Crippen molar-refractivity contribution < 1.29 is 9.53 Å². The first kappa shape index (κ1) is 21.7. The van der Waals surface area contributed by atoms with Gasteiger partial charge in [-0.2, -0.15) is 0 Å². The lowest BCUT2D eigenvalue weighted by Gasteiger charge is -2.33. The highest BCUT2D eigenvalue weighted by Gasteiger charge is 2.25. The molecule has 146 valence electrons. The largest absolute Gasteiger partial charge is 0.484 e. The van der Waals surface area contributed by atoms with Crippen LogP contribution in [0, 0.1) is 5.92 Å². The molecule has 2 saturated heterocycles. The zero-order chi connectivity index (χ0) is 17.6. The summed E-state index contributed by atoms with van der Waals surface area (Å²) in [6.07, 6.45) is 3.29. The van der Waals surface area contributed by atoms with Gasteiger partial charge in [0.05, 0.1) is 4.58 Å². The summed E-state index contributed by atoms with van der Waals surface area (Å²) >= 11 is 4.03. The first-order chi connectivity index (χ1) is 12.1. The summed E-state index contributed by atoms with van der Waals surface area (Å²) in [7, 11) is 0. The minimum Gasteiger partial charge on any atom is -0.484 e. The second-order valence-electron chi connectivity index (χ2n) is 6.86. The van der Waals surface area contributed by atoms with E-state index in [9.17, 15) is 4.79 Å². The van der Waals surface area contributed by atoms with Crippen LogP contribution in [0.5, 0.6) is 5.75 Å². The van der Waals surface area contributed by atoms with E-state index in [0.717, 1.165) is 31.7 Å². The lowest BCUT2D eigenvalue weighted by atomic mass is 9.91. The number of hydrogen-bond acceptors (Lipinski definition) is 5. The van der Waals surface area contributed by atoms with Crippen molar-refractivity contribution in [3.05, 3.63) is 29.8 Å². The van der Waals surface area contributed by atoms with Crippen LogP contribution >= 0.6 is 35.9 Å². The molecule has 4 nitrogen and oxygen atoms in total. The average molecular weight is 417 g/mol. The number of amides is 1. The molecule has 0 aliphatic carbocycles. The molecule has 26 heavy (non-hydrogen) atoms. The molecule has 1 amide bonds. The standard InChI is InChI=1S/C19H28N2O2S2.ClH/c1-14(20)15-7-9-21(10-8-15)18(22)13-23-17-5-3-16(4-6-17)19-24-11-2-12-25-19;/h3-6,14-15,19H,2,7-13,20H2,1H3;1H. The van der Waals surface area contributed by atoms with Crippen LogP contribution in [-0.4, -0.2) is 48.1 Å². The van der Waals surface area contributed by atoms with Crippen molar-refractivity contribution in [3.8, 4) is 5.75 Å². The molecule has 1 aromatic carbocycles. The van der Waals surface area contributed by atoms with E-state index in [2.05, 4.69) is 19.1 Å². The van der Waals surface area contributed by atoms with Crippen LogP contribution in [-0.2, 0) is 4.79 Å². The van der Waals surface area contributed by atoms with Gasteiger partial charge in [-0.15, -0.1) is 35.9 Å². The predicted molar refractivity (Wildman–Crippen MR) is 114 cm³/mol. The zero-order valence-electron chi connectivity index (χ0n) is 15.3. The van der Waals surface area contributed by atoms with Gasteiger partial charge in [-0.25, -0.2) is 0 Å². The Kier molecular flexibility index (Phi) is 8.94. The third-order valence-corrected chi connectivity index (χ3v) is 7.99. The van der Waals surface area contributed by atoms with Crippen LogP contribution in [0.3, 0.4) is 0 Å². The number of carbonyl (C=O) groups is 1. The third-order valence-electron chi connectivity index (χ3n) is 4.98. The van der Waals surface area contributed by atoms with E-state index in [-0.39, 0.29) is 31.0 Å². The summed E-state index contributed by atoms with van der Waals surface area (Å²) in [5.74, 6) is 3.86. The van der Waals surface area contributed by atoms with Gasteiger partial charge in [0, 0.05) is 19.1 Å². The highest BCUT2D eigenvalue weighted by Crippen LogP contribution is 2.43. The van der Waals surface area contributed by atoms with Gasteiger partial charge < -0.3 is 15.4 Å². The maximum Gasteiger partial charge on any atom is 0.260 e. The first-order valence-electron chi connectivity index (χ1n) is 9.13. The van der Waals surface area contributed by atoms with Crippen LogP contribution in [0.4, 0.5) is 0 Å². The second kappa shape index (κ2) is 10.7. The Labute approximate surface area is 171 Å². The number of likely N-dealkylation sites (tertiary alicyclic amines) is 1. The fraction of sp³-hybridized carbons (Fsp3) is 0.632. The number of rotatable bonds is 5. The minimum atomic E-state index is 0. The van der Waals surface area contributed by atoms with Gasteiger partial charge in [-0.3, -0.25) is 4.79 Å². The summed E-state index contributed by atoms with van der Waals surface area (Å²) < 4.78 is 6.25. The van der Waals surface area contributed by atoms with Crippen molar-refractivity contribution in [2.24, 2.45) is 11.7 Å². The maximum atomic E-state index is 12.3. The second-order valence-corrected chi connectivity index (χ2v) is 9.59. The van der Waals surface area contributed by atoms with Gasteiger partial charge >= 0.3 is 0 Å². The SMILES string of the molecule is CC(N)C1CCN(C(=O)COc2ccc(C3SCCCS3)cc2)CC1.Cl. The van der Waals surface area contributed by atoms with Gasteiger partial charge in [-0.1, -0.05) is 12.1 Å². The Hall–Kier alpha value is -0.560. The van der Waals surface area contributed by atoms with Gasteiger partial charge in [0.2, 0.25) is 0 Å². The van der Waals surface area contributed by atoms with Crippen molar-refractivity contribution in [2.45, 2.75) is 36.8 Å². The van der Waals surface area contributed by atoms with Gasteiger partial charge in [0.15, 0.2) is 6.61 Å². The predicted octanol–water partition coefficient (Wildman–Crippen LogP) is 3.94. The number of hydrogen-bond donors (Lipinski definition) is 1. The number of benzene rings is 1. The molecule has 2 fully saturated rings. The molecule has 1 aromatic rings. The van der Waals surface area contributed by atoms with Crippen molar-refractivity contribution in [1.29, 1.82) is 0 Å². The van der Waals surface area contributed by atoms with E-state index in [1.165, 1.54) is 23.5 Å². The number of nitrogens with zero attached hydrogens (tertiary/aromatic N) is 1. The highest BCUT2D eigenvalue weighted by atomic mass is 35.5. The summed E-state index contributed by atoms with van der Waals surface area (Å²) in [5, 5.41) is 0. The summed E-state index contributed by atoms with van der Waals surface area (Å²) in [6, 6.07) is 8.45. The Morgan fingerprint density at radius 3 is 2.42 bits per heavy atom. The molecule has 1 atom stereocenters. The van der Waals surface area contributed by atoms with Gasteiger partial charge in [0.25, 0.3) is 5.91 Å². The lowest BCUT2D eigenvalue weighted by molar-refractivity contribution is -0.134. The van der Waals surface area contributed by atoms with Crippen molar-refractivity contribution in [1.82, 2.24) is 4.90 Å². The number of thioether (sulfide) groups is 2. The number of carbonyl (C=O) groups excluding carboxylic acids is 1. The summed E-state index contributed by atoms with van der Waals surface area (Å²) in [4.78, 5) is 14.2. The summed E-state index contributed by atoms with van der Waals surface area (Å²) in [5.41, 5.74) is 7.30. The van der Waals surface area contributed by atoms with Crippen LogP contribution in [0.1, 0.15) is 36.3 Å². The number of ether oxygens (including phenoxy) is 1. The van der Waals surface area contributed by atoms with E-state index in [1.54, 1.807) is 0 Å². The van der Waals surface area contributed by atoms with Crippen molar-refractivity contribution in [3.63, 3.8) is 0 Å². The van der Waals surface area contributed by atoms with Crippen LogP contribution in [0.25, 0.3) is 0 Å². The Morgan fingerprint density at radius 1 is 1.23 bits per heavy atom. The molecule has 3 rings (SSSR count). The van der Waals surface area contributed by atoms with Crippen LogP contribution in [0.15, 0.2) is 24.3 Å². The molecular weight excluding hydrogens is 388 g/mol. The zero-order valence-corrected chi connectivity index (χ0v) is 17.7. The fourth-order valence-corrected chi connectivity index (χ4v) is 6.21. The molecule has 2 heterocycles. The Bertz CT molecular complexity index is 557. The molecule has 0 bridgehead atoms. The monoisotopic (exact) mass is 416 g/mol. The number of piperidine rings is 1. The molecule has 0 aromatic heterocycles. The Morgan fingerprint density at radius 2 is 1.85 bits per heavy atom. The van der Waals surface area contributed by atoms with Gasteiger partial charge in [-0.05, 0) is 61.3 Å². The molecule has 1 unspecified atom stereocenters. The molecule has 0 radical (unpaired) electrons. The van der Waals surface area contributed by atoms with Crippen LogP contribution < -0.4 is 10.5 Å². The fourth-order valence-electron chi connectivity index (χ4n) is 3.31. The Balaban J connectivity index is 0.00000243. The molecule has 7 heteroatoms. The van der Waals surface area contributed by atoms with Crippen molar-refractivity contribution >= 4 is 41.8 Å². The van der Waals surface area contributed by atoms with E-state index in [4.69, 9.17) is 10.5 Å². The van der Waals surface area contributed by atoms with Gasteiger partial charge in [0.1, 0.15) is 5.75 Å². The molecule has 0 saturated carbocycles. The van der Waals surface area contributed by atoms with E-state index in [1.807, 2.05) is 40.6 Å². The highest BCUT2D eigenvalue weighted by molar-refractivity contribution is 8.16. The van der Waals surface area contributed by atoms with E-state index < -0.39 is 0 Å². The molecular formula is C19H29ClN2O2S2. The molecule has 2 aliphatic rings. The first-order valence-corrected chi connectivity index (χ1v) is 11.2. The quantitative estimate of drug-likeness (QED) is 0.787. The topological polar surface area (TPSA) is 55.6 Å². The van der Waals surface area contributed by atoms with Crippen molar-refractivity contribution in [2.75, 3.05) is 31.2 Å². The lowest BCUT2D eigenvalue weighted by Crippen LogP contribution is -2.44. The minimum absolute atomic E-state index is 0. The van der Waals surface area contributed by atoms with E-state index in [0.29, 0.717) is 10.5 Å². The summed E-state index contributed by atoms with van der Waals surface area (Å²) in [6.45, 7) is 3.77. The number of halogens is 1. The molecule has 0 spiro atoms. The molecule has 2 aliphatic heterocycles. The number of nitrogens with two attached hydrogens (primary N) is 1. The van der Waals surface area contributed by atoms with E-state index >= 15 is 0 Å². The smallest absolute Gasteiger partial charge is 0.260 e. The van der Waals surface area contributed by atoms with Crippen LogP contribution in [0.2, 0.25) is 0 Å².